The third kappa shape index (κ3) is 6.79. The van der Waals surface area contributed by atoms with E-state index < -0.39 is 11.5 Å². The van der Waals surface area contributed by atoms with Gasteiger partial charge in [-0.15, -0.1) is 10.2 Å². The first-order valence-corrected chi connectivity index (χ1v) is 15.4. The van der Waals surface area contributed by atoms with Gasteiger partial charge in [-0.05, 0) is 92.2 Å². The van der Waals surface area contributed by atoms with Gasteiger partial charge < -0.3 is 10.2 Å². The molecule has 9 nitrogen and oxygen atoms in total. The van der Waals surface area contributed by atoms with Crippen molar-refractivity contribution in [2.45, 2.75) is 84.5 Å². The van der Waals surface area contributed by atoms with Crippen LogP contribution in [0.2, 0.25) is 5.02 Å². The summed E-state index contributed by atoms with van der Waals surface area (Å²) >= 11 is 6.21. The highest BCUT2D eigenvalue weighted by atomic mass is 35.5. The summed E-state index contributed by atoms with van der Waals surface area (Å²) in [4.78, 5) is 34.3. The maximum absolute atomic E-state index is 14.4. The van der Waals surface area contributed by atoms with Crippen LogP contribution >= 0.6 is 11.6 Å². The lowest BCUT2D eigenvalue weighted by molar-refractivity contribution is -0.133. The lowest BCUT2D eigenvalue weighted by Gasteiger charge is -2.46. The molecule has 1 spiro atoms. The maximum Gasteiger partial charge on any atom is 0.275 e. The van der Waals surface area contributed by atoms with Crippen LogP contribution in [0.3, 0.4) is 0 Å². The van der Waals surface area contributed by atoms with Crippen LogP contribution in [0, 0.1) is 23.6 Å². The quantitative estimate of drug-likeness (QED) is 0.282. The standard InChI is InChI=1S/C32H39ClFN7O2/c1-19(2)5-10-27(22-6-8-23(9-7-22)30(42)35-18-28-37-39-40-38-28)41-31(43)29(24-15-25(33)17-26(34)16-24)36-32(41)13-11-21(12-14-32)20(3)4/h6-9,15-17,19-21,27H,5,10-14,18H2,1-4H3,(H,35,42)(H,37,38,39,40)/t21?,27-,32?/m1/s1. The third-order valence-electron chi connectivity index (χ3n) is 8.78. The molecular formula is C32H39ClFN7O2. The van der Waals surface area contributed by atoms with Crippen LogP contribution in [-0.2, 0) is 11.3 Å². The number of benzene rings is 2. The monoisotopic (exact) mass is 607 g/mol. The molecule has 0 unspecified atom stereocenters. The van der Waals surface area contributed by atoms with E-state index >= 15 is 0 Å². The van der Waals surface area contributed by atoms with E-state index in [1.54, 1.807) is 18.2 Å². The van der Waals surface area contributed by atoms with E-state index in [0.29, 0.717) is 34.7 Å². The lowest BCUT2D eigenvalue weighted by atomic mass is 9.75. The Labute approximate surface area is 256 Å². The number of carbonyl (C=O) groups is 2. The topological polar surface area (TPSA) is 116 Å². The summed E-state index contributed by atoms with van der Waals surface area (Å²) < 4.78 is 14.4. The molecule has 1 saturated carbocycles. The minimum atomic E-state index is -0.723. The van der Waals surface area contributed by atoms with Gasteiger partial charge in [0.25, 0.3) is 11.8 Å². The largest absolute Gasteiger partial charge is 0.345 e. The molecule has 5 rings (SSSR count). The average molecular weight is 608 g/mol. The van der Waals surface area contributed by atoms with Crippen LogP contribution < -0.4 is 5.32 Å². The second-order valence-electron chi connectivity index (χ2n) is 12.5. The fourth-order valence-electron chi connectivity index (χ4n) is 6.36. The second kappa shape index (κ2) is 12.9. The molecule has 0 bridgehead atoms. The zero-order chi connectivity index (χ0) is 30.7. The zero-order valence-electron chi connectivity index (χ0n) is 25.1. The van der Waals surface area contributed by atoms with Gasteiger partial charge in [-0.25, -0.2) is 4.39 Å². The number of aromatic nitrogens is 4. The molecule has 3 aromatic rings. The van der Waals surface area contributed by atoms with E-state index in [4.69, 9.17) is 16.6 Å². The average Bonchev–Trinajstić information content (AvgIpc) is 3.59. The third-order valence-corrected chi connectivity index (χ3v) is 9.00. The molecule has 2 heterocycles. The number of aromatic amines is 1. The van der Waals surface area contributed by atoms with E-state index in [-0.39, 0.29) is 35.1 Å². The number of aliphatic imine (C=N–C) groups is 1. The number of carbonyl (C=O) groups excluding carboxylic acids is 2. The molecule has 1 aliphatic carbocycles. The van der Waals surface area contributed by atoms with Crippen molar-refractivity contribution in [3.63, 3.8) is 0 Å². The summed E-state index contributed by atoms with van der Waals surface area (Å²) in [5.74, 6) is 0.946. The predicted octanol–water partition coefficient (Wildman–Crippen LogP) is 6.27. The highest BCUT2D eigenvalue weighted by molar-refractivity contribution is 6.47. The highest BCUT2D eigenvalue weighted by Crippen LogP contribution is 2.48. The van der Waals surface area contributed by atoms with Crippen molar-refractivity contribution in [1.82, 2.24) is 30.8 Å². The number of rotatable bonds is 10. The first-order chi connectivity index (χ1) is 20.6. The number of amides is 2. The Hall–Kier alpha value is -3.66. The summed E-state index contributed by atoms with van der Waals surface area (Å²) in [5, 5.41) is 16.6. The molecule has 0 radical (unpaired) electrons. The summed E-state index contributed by atoms with van der Waals surface area (Å²) in [6.07, 6.45) is 5.02. The van der Waals surface area contributed by atoms with Crippen molar-refractivity contribution in [2.24, 2.45) is 22.7 Å². The number of H-pyrrole nitrogens is 1. The molecule has 2 amide bonds. The van der Waals surface area contributed by atoms with Crippen molar-refractivity contribution in [2.75, 3.05) is 0 Å². The van der Waals surface area contributed by atoms with Gasteiger partial charge in [0.15, 0.2) is 5.82 Å². The number of nitrogens with zero attached hydrogens (tertiary/aromatic N) is 5. The van der Waals surface area contributed by atoms with Crippen molar-refractivity contribution in [1.29, 1.82) is 0 Å². The van der Waals surface area contributed by atoms with Gasteiger partial charge in [0.2, 0.25) is 0 Å². The minimum Gasteiger partial charge on any atom is -0.345 e. The summed E-state index contributed by atoms with van der Waals surface area (Å²) in [5.41, 5.74) is 1.36. The fourth-order valence-corrected chi connectivity index (χ4v) is 6.58. The van der Waals surface area contributed by atoms with Crippen molar-refractivity contribution in [3.8, 4) is 0 Å². The first-order valence-electron chi connectivity index (χ1n) is 15.1. The van der Waals surface area contributed by atoms with Crippen LogP contribution in [-0.4, -0.2) is 48.7 Å². The maximum atomic E-state index is 14.4. The normalized spacial score (nSPS) is 21.1. The molecule has 1 aromatic heterocycles. The van der Waals surface area contributed by atoms with Gasteiger partial charge in [0.05, 0.1) is 12.6 Å². The molecular weight excluding hydrogens is 569 g/mol. The van der Waals surface area contributed by atoms with Crippen molar-refractivity contribution in [3.05, 3.63) is 75.8 Å². The van der Waals surface area contributed by atoms with Crippen LogP contribution in [0.15, 0.2) is 47.5 Å². The van der Waals surface area contributed by atoms with Crippen LogP contribution in [0.1, 0.15) is 99.6 Å². The second-order valence-corrected chi connectivity index (χ2v) is 12.9. The number of hydrogen-bond donors (Lipinski definition) is 2. The van der Waals surface area contributed by atoms with E-state index in [0.717, 1.165) is 44.1 Å². The molecule has 2 aromatic carbocycles. The number of tetrazole rings is 1. The molecule has 1 atom stereocenters. The Morgan fingerprint density at radius 1 is 1.12 bits per heavy atom. The van der Waals surface area contributed by atoms with Crippen molar-refractivity contribution < 1.29 is 14.0 Å². The Balaban J connectivity index is 1.48. The van der Waals surface area contributed by atoms with Gasteiger partial charge >= 0.3 is 0 Å². The van der Waals surface area contributed by atoms with Crippen LogP contribution in [0.25, 0.3) is 0 Å². The molecule has 2 aliphatic rings. The molecule has 1 aliphatic heterocycles. The van der Waals surface area contributed by atoms with Gasteiger partial charge in [-0.1, -0.05) is 56.6 Å². The van der Waals surface area contributed by atoms with E-state index in [1.807, 2.05) is 17.0 Å². The first kappa shape index (κ1) is 30.8. The van der Waals surface area contributed by atoms with Crippen molar-refractivity contribution >= 4 is 29.1 Å². The van der Waals surface area contributed by atoms with Gasteiger partial charge in [-0.3, -0.25) is 14.6 Å². The van der Waals surface area contributed by atoms with E-state index in [9.17, 15) is 14.0 Å². The Kier molecular flexibility index (Phi) is 9.25. The molecule has 228 valence electrons. The highest BCUT2D eigenvalue weighted by Gasteiger charge is 2.52. The zero-order valence-corrected chi connectivity index (χ0v) is 25.9. The smallest absolute Gasteiger partial charge is 0.275 e. The SMILES string of the molecule is CC(C)CC[C@H](c1ccc(C(=O)NCc2nn[nH]n2)cc1)N1C(=O)C(c2cc(F)cc(Cl)c2)=NC12CCC(C(C)C)CC2. The number of nitrogens with one attached hydrogen (secondary N) is 2. The lowest BCUT2D eigenvalue weighted by Crippen LogP contribution is -2.51. The molecule has 11 heteroatoms. The Bertz CT molecular complexity index is 1450. The van der Waals surface area contributed by atoms with Gasteiger partial charge in [0, 0.05) is 16.1 Å². The predicted molar refractivity (Wildman–Crippen MR) is 163 cm³/mol. The Morgan fingerprint density at radius 3 is 2.44 bits per heavy atom. The van der Waals surface area contributed by atoms with Crippen LogP contribution in [0.4, 0.5) is 4.39 Å². The molecule has 43 heavy (non-hydrogen) atoms. The van der Waals surface area contributed by atoms with Crippen LogP contribution in [0.5, 0.6) is 0 Å². The summed E-state index contributed by atoms with van der Waals surface area (Å²) in [6, 6.07) is 11.3. The summed E-state index contributed by atoms with van der Waals surface area (Å²) in [6.45, 7) is 8.98. The van der Waals surface area contributed by atoms with E-state index in [2.05, 4.69) is 53.6 Å². The van der Waals surface area contributed by atoms with Gasteiger partial charge in [-0.2, -0.15) is 5.21 Å². The molecule has 2 N–H and O–H groups in total. The fraction of sp³-hybridized carbons (Fsp3) is 0.500. The molecule has 0 saturated heterocycles. The van der Waals surface area contributed by atoms with E-state index in [1.165, 1.54) is 12.1 Å². The Morgan fingerprint density at radius 2 is 1.84 bits per heavy atom. The molecule has 1 fully saturated rings. The van der Waals surface area contributed by atoms with Gasteiger partial charge in [0.1, 0.15) is 17.2 Å². The minimum absolute atomic E-state index is 0.153. The number of halogens is 2. The summed E-state index contributed by atoms with van der Waals surface area (Å²) in [7, 11) is 0. The number of hydrogen-bond acceptors (Lipinski definition) is 6.